The number of primary amides is 1. The summed E-state index contributed by atoms with van der Waals surface area (Å²) in [5, 5.41) is 15.6. The van der Waals surface area contributed by atoms with Crippen molar-refractivity contribution in [1.29, 1.82) is 0 Å². The molecule has 3 saturated carbocycles. The van der Waals surface area contributed by atoms with E-state index in [9.17, 15) is 28.3 Å². The number of aromatic carboxylic acids is 1. The van der Waals surface area contributed by atoms with Crippen molar-refractivity contribution in [2.45, 2.75) is 59.5 Å². The summed E-state index contributed by atoms with van der Waals surface area (Å²) >= 11 is 0. The van der Waals surface area contributed by atoms with E-state index in [2.05, 4.69) is 12.0 Å². The predicted molar refractivity (Wildman–Crippen MR) is 164 cm³/mol. The average molecular weight is 630 g/mol. The molecule has 46 heavy (non-hydrogen) atoms. The molecule has 3 heterocycles. The average Bonchev–Trinajstić information content (AvgIpc) is 3.35. The highest BCUT2D eigenvalue weighted by Crippen LogP contribution is 2.73. The van der Waals surface area contributed by atoms with E-state index in [4.69, 9.17) is 15.5 Å². The number of rotatable bonds is 9. The lowest BCUT2D eigenvalue weighted by Crippen LogP contribution is -2.61. The number of amides is 2. The molecule has 4 aliphatic rings. The van der Waals surface area contributed by atoms with Crippen LogP contribution in [0.4, 0.5) is 14.5 Å². The molecule has 1 aliphatic heterocycles. The first-order chi connectivity index (χ1) is 21.8. The van der Waals surface area contributed by atoms with Gasteiger partial charge in [0.15, 0.2) is 23.9 Å². The summed E-state index contributed by atoms with van der Waals surface area (Å²) < 4.78 is 35.2. The molecule has 3 fully saturated rings. The quantitative estimate of drug-likeness (QED) is 0.250. The Morgan fingerprint density at radius 2 is 1.87 bits per heavy atom. The summed E-state index contributed by atoms with van der Waals surface area (Å²) in [4.78, 5) is 45.0. The van der Waals surface area contributed by atoms with E-state index in [0.717, 1.165) is 31.4 Å². The minimum Gasteiger partial charge on any atom is -0.482 e. The van der Waals surface area contributed by atoms with E-state index in [1.165, 1.54) is 17.0 Å². The van der Waals surface area contributed by atoms with Crippen LogP contribution in [0.15, 0.2) is 36.5 Å². The van der Waals surface area contributed by atoms with Crippen LogP contribution in [-0.2, 0) is 24.3 Å². The topological polar surface area (TPSA) is 141 Å². The molecule has 2 bridgehead atoms. The summed E-state index contributed by atoms with van der Waals surface area (Å²) in [6.45, 7) is 6.35. The number of hydrogen-bond acceptors (Lipinski definition) is 6. The number of nitrogens with zero attached hydrogens (tertiary/aromatic N) is 4. The maximum Gasteiger partial charge on any atom is 0.337 e. The van der Waals surface area contributed by atoms with Crippen LogP contribution in [0.5, 0.6) is 5.75 Å². The number of benzene rings is 2. The third-order valence-electron chi connectivity index (χ3n) is 9.44. The number of halogens is 2. The number of ether oxygens (including phenoxy) is 1. The molecule has 10 nitrogen and oxygen atoms in total. The van der Waals surface area contributed by atoms with E-state index in [1.807, 2.05) is 18.5 Å². The lowest BCUT2D eigenvalue weighted by molar-refractivity contribution is -0.199. The summed E-state index contributed by atoms with van der Waals surface area (Å²) in [5.74, 6) is -4.55. The smallest absolute Gasteiger partial charge is 0.337 e. The van der Waals surface area contributed by atoms with E-state index in [0.29, 0.717) is 46.2 Å². The molecule has 3 aliphatic carbocycles. The third kappa shape index (κ3) is 4.78. The van der Waals surface area contributed by atoms with Gasteiger partial charge in [0.05, 0.1) is 29.6 Å². The Labute approximate surface area is 263 Å². The van der Waals surface area contributed by atoms with Crippen LogP contribution in [0.25, 0.3) is 22.2 Å². The Balaban J connectivity index is 1.40. The number of carboxylic acid groups (broad SMARTS) is 1. The maximum atomic E-state index is 14.0. The molecule has 238 valence electrons. The van der Waals surface area contributed by atoms with Crippen molar-refractivity contribution in [3.8, 4) is 16.9 Å². The first-order valence-corrected chi connectivity index (χ1v) is 15.2. The van der Waals surface area contributed by atoms with Gasteiger partial charge in [0.1, 0.15) is 11.4 Å². The van der Waals surface area contributed by atoms with E-state index < -0.39 is 36.0 Å². The van der Waals surface area contributed by atoms with Crippen molar-refractivity contribution < 1.29 is 33.0 Å². The molecule has 12 heteroatoms. The predicted octanol–water partition coefficient (Wildman–Crippen LogP) is 5.49. The fourth-order valence-corrected chi connectivity index (χ4v) is 8.03. The van der Waals surface area contributed by atoms with Crippen LogP contribution in [0.2, 0.25) is 0 Å². The van der Waals surface area contributed by atoms with Gasteiger partial charge in [-0.2, -0.15) is 5.10 Å². The van der Waals surface area contributed by atoms with Crippen LogP contribution in [0, 0.1) is 28.4 Å². The van der Waals surface area contributed by atoms with Crippen molar-refractivity contribution in [3.63, 3.8) is 0 Å². The molecule has 8 rings (SSSR count). The number of carboxylic acids is 1. The first kappa shape index (κ1) is 29.8. The zero-order chi connectivity index (χ0) is 32.7. The number of nitrogens with two attached hydrogens (primary N) is 1. The zero-order valence-electron chi connectivity index (χ0n) is 25.7. The van der Waals surface area contributed by atoms with Crippen molar-refractivity contribution in [1.82, 2.24) is 14.8 Å². The van der Waals surface area contributed by atoms with E-state index >= 15 is 0 Å². The fourth-order valence-electron chi connectivity index (χ4n) is 8.03. The number of aromatic nitrogens is 3. The van der Waals surface area contributed by atoms with Crippen LogP contribution >= 0.6 is 0 Å². The van der Waals surface area contributed by atoms with Gasteiger partial charge in [-0.25, -0.2) is 23.2 Å². The van der Waals surface area contributed by atoms with Gasteiger partial charge in [-0.1, -0.05) is 26.8 Å². The molecule has 4 aromatic rings. The van der Waals surface area contributed by atoms with Crippen LogP contribution in [0.1, 0.15) is 72.0 Å². The van der Waals surface area contributed by atoms with Crippen molar-refractivity contribution in [3.05, 3.63) is 70.5 Å². The number of hydrogen-bond donors (Lipinski definition) is 2. The van der Waals surface area contributed by atoms with Gasteiger partial charge >= 0.3 is 5.97 Å². The van der Waals surface area contributed by atoms with Crippen molar-refractivity contribution >= 4 is 34.5 Å². The van der Waals surface area contributed by atoms with Crippen LogP contribution in [-0.4, -0.2) is 44.3 Å². The molecular formula is C34H33F2N5O5. The van der Waals surface area contributed by atoms with Crippen molar-refractivity contribution in [2.75, 3.05) is 11.5 Å². The van der Waals surface area contributed by atoms with Crippen LogP contribution in [0.3, 0.4) is 0 Å². The molecule has 3 N–H and O–H groups in total. The Bertz CT molecular complexity index is 1970. The van der Waals surface area contributed by atoms with Crippen molar-refractivity contribution in [2.24, 2.45) is 22.5 Å². The van der Waals surface area contributed by atoms with Gasteiger partial charge in [0, 0.05) is 17.5 Å². The highest BCUT2D eigenvalue weighted by molar-refractivity contribution is 6.11. The standard InChI is InChI=1S/C34H33F2N5O5/c1-17(2)6-24-28(30(37)43)27(21-10-38-41(31(21)39-24)16-34-13-33(3,14-34)15-34)19-8-20(32(44)45)29-25(9-19)46-12-26(42)40(29)11-18-4-5-22(35)23(36)7-18/h4-5,7-10,17H,6,11-16H2,1-3H3,(H2,37,43)(H,44,45). The second-order valence-corrected chi connectivity index (χ2v) is 13.8. The third-order valence-corrected chi connectivity index (χ3v) is 9.44. The Morgan fingerprint density at radius 1 is 1.13 bits per heavy atom. The lowest BCUT2D eigenvalue weighted by Gasteiger charge is -2.69. The number of anilines is 1. The highest BCUT2D eigenvalue weighted by atomic mass is 19.2. The first-order valence-electron chi connectivity index (χ1n) is 15.2. The number of carbonyl (C=O) groups is 3. The summed E-state index contributed by atoms with van der Waals surface area (Å²) in [6.07, 6.45) is 5.44. The number of pyridine rings is 1. The maximum absolute atomic E-state index is 14.0. The van der Waals surface area contributed by atoms with Gasteiger partial charge in [0.25, 0.3) is 11.8 Å². The molecule has 2 amide bonds. The zero-order valence-corrected chi connectivity index (χ0v) is 25.7. The van der Waals surface area contributed by atoms with Gasteiger partial charge < -0.3 is 20.5 Å². The molecular weight excluding hydrogens is 596 g/mol. The lowest BCUT2D eigenvalue weighted by atomic mass is 9.36. The fraction of sp³-hybridized carbons (Fsp3) is 0.382. The molecule has 2 aromatic carbocycles. The van der Waals surface area contributed by atoms with Gasteiger partial charge in [0.2, 0.25) is 0 Å². The molecule has 2 aromatic heterocycles. The van der Waals surface area contributed by atoms with Gasteiger partial charge in [-0.3, -0.25) is 9.59 Å². The SMILES string of the molecule is CC(C)Cc1nc2c(cnn2CC23CC(C)(C2)C3)c(-c2cc3c(c(C(=O)O)c2)N(Cc2ccc(F)c(F)c2)C(=O)CO3)c1C(N)=O. The molecule has 0 radical (unpaired) electrons. The summed E-state index contributed by atoms with van der Waals surface area (Å²) in [5.41, 5.74) is 8.50. The summed E-state index contributed by atoms with van der Waals surface area (Å²) in [6, 6.07) is 6.18. The minimum atomic E-state index is -1.35. The Kier molecular flexibility index (Phi) is 6.70. The Morgan fingerprint density at radius 3 is 2.50 bits per heavy atom. The summed E-state index contributed by atoms with van der Waals surface area (Å²) in [7, 11) is 0. The van der Waals surface area contributed by atoms with E-state index in [1.54, 1.807) is 12.3 Å². The highest BCUT2D eigenvalue weighted by Gasteiger charge is 2.64. The number of fused-ring (bicyclic) bond motifs is 2. The van der Waals surface area contributed by atoms with E-state index in [-0.39, 0.29) is 46.0 Å². The Hall–Kier alpha value is -4.87. The minimum absolute atomic E-state index is 0.0293. The molecule has 0 unspecified atom stereocenters. The van der Waals surface area contributed by atoms with Gasteiger partial charge in [-0.15, -0.1) is 0 Å². The second kappa shape index (κ2) is 10.3. The second-order valence-electron chi connectivity index (χ2n) is 13.8. The molecule has 0 atom stereocenters. The monoisotopic (exact) mass is 629 g/mol. The number of carbonyl (C=O) groups excluding carboxylic acids is 2. The molecule has 0 saturated heterocycles. The molecule has 0 spiro atoms. The normalized spacial score (nSPS) is 21.5. The van der Waals surface area contributed by atoms with Crippen LogP contribution < -0.4 is 15.4 Å². The largest absolute Gasteiger partial charge is 0.482 e. The van der Waals surface area contributed by atoms with Gasteiger partial charge in [-0.05, 0) is 77.8 Å².